The smallest absolute Gasteiger partial charge is 0.322 e. The first kappa shape index (κ1) is 10.4. The molecule has 0 aromatic heterocycles. The molecule has 2 atom stereocenters. The predicted molar refractivity (Wildman–Crippen MR) is 41.2 cm³/mol. The van der Waals surface area contributed by atoms with E-state index in [2.05, 4.69) is 10.1 Å². The zero-order valence-electron chi connectivity index (χ0n) is 7.13. The Bertz CT molecular complexity index is 127. The van der Waals surface area contributed by atoms with E-state index in [-0.39, 0.29) is 24.7 Å². The van der Waals surface area contributed by atoms with Crippen LogP contribution in [-0.2, 0) is 9.53 Å². The molecule has 0 aromatic carbocycles. The average molecular weight is 161 g/mol. The number of nitrogens with one attached hydrogen (secondary N) is 1. The van der Waals surface area contributed by atoms with Crippen LogP contribution in [0.5, 0.6) is 0 Å². The van der Waals surface area contributed by atoms with Crippen molar-refractivity contribution in [2.75, 3.05) is 13.7 Å². The molecular weight excluding hydrogens is 146 g/mol. The molecule has 0 saturated carbocycles. The first-order valence-corrected chi connectivity index (χ1v) is 3.56. The fourth-order valence-corrected chi connectivity index (χ4v) is 0.724. The minimum absolute atomic E-state index is 0.0152. The van der Waals surface area contributed by atoms with E-state index in [0.29, 0.717) is 0 Å². The fraction of sp³-hybridized carbons (Fsp3) is 0.857. The zero-order valence-corrected chi connectivity index (χ0v) is 7.13. The van der Waals surface area contributed by atoms with Crippen LogP contribution in [0.15, 0.2) is 0 Å². The molecule has 0 aliphatic heterocycles. The summed E-state index contributed by atoms with van der Waals surface area (Å²) in [5, 5.41) is 11.5. The molecule has 0 aromatic rings. The summed E-state index contributed by atoms with van der Waals surface area (Å²) in [5.41, 5.74) is 0. The van der Waals surface area contributed by atoms with E-state index in [4.69, 9.17) is 5.11 Å². The number of esters is 1. The SMILES string of the molecule is COC(=O)C(C)N[C@H](C)CO. The molecule has 0 fully saturated rings. The van der Waals surface area contributed by atoms with E-state index in [1.54, 1.807) is 13.8 Å². The zero-order chi connectivity index (χ0) is 8.85. The largest absolute Gasteiger partial charge is 0.468 e. The summed E-state index contributed by atoms with van der Waals surface area (Å²) in [6, 6.07) is -0.439. The van der Waals surface area contributed by atoms with Crippen LogP contribution >= 0.6 is 0 Å². The van der Waals surface area contributed by atoms with Gasteiger partial charge in [-0.1, -0.05) is 0 Å². The molecule has 11 heavy (non-hydrogen) atoms. The molecular formula is C7H15NO3. The minimum Gasteiger partial charge on any atom is -0.468 e. The van der Waals surface area contributed by atoms with Crippen molar-refractivity contribution in [3.05, 3.63) is 0 Å². The maximum absolute atomic E-state index is 10.8. The number of methoxy groups -OCH3 is 1. The van der Waals surface area contributed by atoms with Gasteiger partial charge >= 0.3 is 5.97 Å². The molecule has 1 unspecified atom stereocenters. The number of aliphatic hydroxyl groups excluding tert-OH is 1. The fourth-order valence-electron chi connectivity index (χ4n) is 0.724. The van der Waals surface area contributed by atoms with E-state index < -0.39 is 0 Å². The van der Waals surface area contributed by atoms with Gasteiger partial charge < -0.3 is 9.84 Å². The summed E-state index contributed by atoms with van der Waals surface area (Å²) >= 11 is 0. The van der Waals surface area contributed by atoms with E-state index in [9.17, 15) is 4.79 Å². The van der Waals surface area contributed by atoms with Crippen LogP contribution < -0.4 is 5.32 Å². The normalized spacial score (nSPS) is 15.6. The summed E-state index contributed by atoms with van der Waals surface area (Å²) in [5.74, 6) is -0.315. The van der Waals surface area contributed by atoms with E-state index in [1.807, 2.05) is 0 Å². The average Bonchev–Trinajstić information content (AvgIpc) is 2.02. The Balaban J connectivity index is 3.67. The van der Waals surface area contributed by atoms with Gasteiger partial charge in [0, 0.05) is 6.04 Å². The van der Waals surface area contributed by atoms with Crippen molar-refractivity contribution in [2.45, 2.75) is 25.9 Å². The summed E-state index contributed by atoms with van der Waals surface area (Å²) in [6.07, 6.45) is 0. The molecule has 0 rings (SSSR count). The quantitative estimate of drug-likeness (QED) is 0.547. The van der Waals surface area contributed by atoms with Gasteiger partial charge in [0.1, 0.15) is 6.04 Å². The molecule has 4 nitrogen and oxygen atoms in total. The van der Waals surface area contributed by atoms with Gasteiger partial charge in [0.15, 0.2) is 0 Å². The third kappa shape index (κ3) is 3.95. The van der Waals surface area contributed by atoms with Crippen LogP contribution in [0.25, 0.3) is 0 Å². The summed E-state index contributed by atoms with van der Waals surface area (Å²) in [7, 11) is 1.34. The van der Waals surface area contributed by atoms with Crippen molar-refractivity contribution in [1.29, 1.82) is 0 Å². The Hall–Kier alpha value is -0.610. The summed E-state index contributed by atoms with van der Waals surface area (Å²) in [4.78, 5) is 10.8. The number of aliphatic hydroxyl groups is 1. The molecule has 0 bridgehead atoms. The topological polar surface area (TPSA) is 58.6 Å². The molecule has 4 heteroatoms. The number of hydrogen-bond donors (Lipinski definition) is 2. The van der Waals surface area contributed by atoms with Gasteiger partial charge in [0.2, 0.25) is 0 Å². The highest BCUT2D eigenvalue weighted by Gasteiger charge is 2.14. The molecule has 0 aliphatic carbocycles. The second-order valence-corrected chi connectivity index (χ2v) is 2.50. The van der Waals surface area contributed by atoms with Crippen LogP contribution in [0.4, 0.5) is 0 Å². The minimum atomic E-state index is -0.359. The Kier molecular flexibility index (Phi) is 4.81. The maximum atomic E-state index is 10.8. The Morgan fingerprint density at radius 1 is 1.64 bits per heavy atom. The molecule has 66 valence electrons. The lowest BCUT2D eigenvalue weighted by Gasteiger charge is -2.15. The number of rotatable bonds is 4. The Labute approximate surface area is 66.5 Å². The van der Waals surface area contributed by atoms with Crippen LogP contribution in [-0.4, -0.2) is 36.9 Å². The number of hydrogen-bond acceptors (Lipinski definition) is 4. The molecule has 2 N–H and O–H groups in total. The molecule has 0 amide bonds. The highest BCUT2D eigenvalue weighted by atomic mass is 16.5. The lowest BCUT2D eigenvalue weighted by Crippen LogP contribution is -2.42. The number of ether oxygens (including phenoxy) is 1. The standard InChI is InChI=1S/C7H15NO3/c1-5(4-9)8-6(2)7(10)11-3/h5-6,8-9H,4H2,1-3H3/t5-,6?/m1/s1. The van der Waals surface area contributed by atoms with Crippen molar-refractivity contribution < 1.29 is 14.6 Å². The van der Waals surface area contributed by atoms with Gasteiger partial charge in [-0.3, -0.25) is 10.1 Å². The summed E-state index contributed by atoms with van der Waals surface area (Å²) < 4.78 is 4.47. The third-order valence-corrected chi connectivity index (χ3v) is 1.36. The Morgan fingerprint density at radius 3 is 2.55 bits per heavy atom. The lowest BCUT2D eigenvalue weighted by atomic mass is 10.3. The number of carbonyl (C=O) groups excluding carboxylic acids is 1. The van der Waals surface area contributed by atoms with E-state index >= 15 is 0 Å². The van der Waals surface area contributed by atoms with Crippen molar-refractivity contribution in [1.82, 2.24) is 5.32 Å². The monoisotopic (exact) mass is 161 g/mol. The van der Waals surface area contributed by atoms with Gasteiger partial charge in [-0.2, -0.15) is 0 Å². The molecule has 0 saturated heterocycles. The van der Waals surface area contributed by atoms with Gasteiger partial charge in [-0.05, 0) is 13.8 Å². The molecule has 0 radical (unpaired) electrons. The molecule has 0 aliphatic rings. The first-order valence-electron chi connectivity index (χ1n) is 3.56. The Morgan fingerprint density at radius 2 is 2.18 bits per heavy atom. The lowest BCUT2D eigenvalue weighted by molar-refractivity contribution is -0.142. The van der Waals surface area contributed by atoms with Crippen LogP contribution in [0.2, 0.25) is 0 Å². The van der Waals surface area contributed by atoms with Crippen LogP contribution in [0, 0.1) is 0 Å². The highest BCUT2D eigenvalue weighted by molar-refractivity contribution is 5.75. The van der Waals surface area contributed by atoms with Crippen molar-refractivity contribution >= 4 is 5.97 Å². The number of carbonyl (C=O) groups is 1. The second kappa shape index (κ2) is 5.09. The second-order valence-electron chi connectivity index (χ2n) is 2.50. The maximum Gasteiger partial charge on any atom is 0.322 e. The third-order valence-electron chi connectivity index (χ3n) is 1.36. The van der Waals surface area contributed by atoms with Crippen LogP contribution in [0.1, 0.15) is 13.8 Å². The summed E-state index contributed by atoms with van der Waals surface area (Å²) in [6.45, 7) is 3.50. The molecule has 0 spiro atoms. The van der Waals surface area contributed by atoms with Crippen molar-refractivity contribution in [3.8, 4) is 0 Å². The highest BCUT2D eigenvalue weighted by Crippen LogP contribution is 1.88. The van der Waals surface area contributed by atoms with E-state index in [0.717, 1.165) is 0 Å². The van der Waals surface area contributed by atoms with Gasteiger partial charge in [-0.25, -0.2) is 0 Å². The van der Waals surface area contributed by atoms with Crippen molar-refractivity contribution in [3.63, 3.8) is 0 Å². The van der Waals surface area contributed by atoms with Gasteiger partial charge in [0.25, 0.3) is 0 Å². The first-order chi connectivity index (χ1) is 5.11. The van der Waals surface area contributed by atoms with Crippen LogP contribution in [0.3, 0.4) is 0 Å². The molecule has 0 heterocycles. The van der Waals surface area contributed by atoms with Crippen molar-refractivity contribution in [2.24, 2.45) is 0 Å². The van der Waals surface area contributed by atoms with E-state index in [1.165, 1.54) is 7.11 Å². The van der Waals surface area contributed by atoms with Gasteiger partial charge in [-0.15, -0.1) is 0 Å². The van der Waals surface area contributed by atoms with Gasteiger partial charge in [0.05, 0.1) is 13.7 Å². The predicted octanol–water partition coefficient (Wildman–Crippen LogP) is -0.482.